The van der Waals surface area contributed by atoms with E-state index in [0.717, 1.165) is 17.0 Å². The van der Waals surface area contributed by atoms with E-state index in [-0.39, 0.29) is 11.8 Å². The Morgan fingerprint density at radius 1 is 1.11 bits per heavy atom. The lowest BCUT2D eigenvalue weighted by molar-refractivity contribution is 0.0796. The first-order valence-electron chi connectivity index (χ1n) is 8.92. The fourth-order valence-electron chi connectivity index (χ4n) is 2.53. The topological polar surface area (TPSA) is 85.0 Å². The van der Waals surface area contributed by atoms with Crippen molar-refractivity contribution in [2.75, 3.05) is 13.6 Å². The van der Waals surface area contributed by atoms with Crippen LogP contribution in [0, 0.1) is 6.92 Å². The Kier molecular flexibility index (Phi) is 5.59. The van der Waals surface area contributed by atoms with Crippen LogP contribution in [-0.4, -0.2) is 44.7 Å². The molecule has 0 saturated carbocycles. The molecule has 0 aliphatic heterocycles. The molecule has 3 rings (SSSR count). The largest absolute Gasteiger partial charge is 0.341 e. The highest BCUT2D eigenvalue weighted by Gasteiger charge is 2.15. The van der Waals surface area contributed by atoms with E-state index in [1.54, 1.807) is 24.1 Å². The van der Waals surface area contributed by atoms with Crippen molar-refractivity contribution >= 4 is 5.91 Å². The molecule has 7 nitrogen and oxygen atoms in total. The van der Waals surface area contributed by atoms with Crippen molar-refractivity contribution < 1.29 is 9.32 Å². The Balaban J connectivity index is 1.61. The minimum Gasteiger partial charge on any atom is -0.341 e. The molecule has 0 bridgehead atoms. The third kappa shape index (κ3) is 4.55. The molecule has 0 fully saturated rings. The maximum Gasteiger partial charge on any atom is 0.253 e. The highest BCUT2D eigenvalue weighted by Crippen LogP contribution is 2.18. The molecule has 0 unspecified atom stereocenters. The van der Waals surface area contributed by atoms with Gasteiger partial charge in [0.1, 0.15) is 0 Å². The summed E-state index contributed by atoms with van der Waals surface area (Å²) in [5.41, 5.74) is 3.20. The number of carbonyl (C=O) groups excluding carboxylic acids is 1. The molecular weight excluding hydrogens is 342 g/mol. The zero-order valence-electron chi connectivity index (χ0n) is 16.0. The SMILES string of the molecule is Cc1ccc(-c2ccc(C(=O)N(C)CCc3noc(C(C)C)n3)cc2)nn1. The Hall–Kier alpha value is -3.09. The normalized spacial score (nSPS) is 11.0. The highest BCUT2D eigenvalue weighted by atomic mass is 16.5. The fraction of sp³-hybridized carbons (Fsp3) is 0.350. The number of hydrogen-bond donors (Lipinski definition) is 0. The molecule has 0 saturated heterocycles. The van der Waals surface area contributed by atoms with E-state index < -0.39 is 0 Å². The third-order valence-corrected chi connectivity index (χ3v) is 4.22. The molecule has 0 spiro atoms. The summed E-state index contributed by atoms with van der Waals surface area (Å²) in [5.74, 6) is 1.38. The van der Waals surface area contributed by atoms with E-state index in [9.17, 15) is 4.79 Å². The number of aryl methyl sites for hydroxylation is 1. The zero-order valence-corrected chi connectivity index (χ0v) is 16.0. The van der Waals surface area contributed by atoms with Crippen LogP contribution in [-0.2, 0) is 6.42 Å². The molecule has 0 aliphatic rings. The molecule has 0 atom stereocenters. The summed E-state index contributed by atoms with van der Waals surface area (Å²) in [6, 6.07) is 11.2. The van der Waals surface area contributed by atoms with Crippen molar-refractivity contribution in [1.82, 2.24) is 25.2 Å². The lowest BCUT2D eigenvalue weighted by Crippen LogP contribution is -2.29. The first kappa shape index (κ1) is 18.7. The Morgan fingerprint density at radius 3 is 2.44 bits per heavy atom. The second kappa shape index (κ2) is 8.07. The number of hydrogen-bond acceptors (Lipinski definition) is 6. The molecule has 2 heterocycles. The third-order valence-electron chi connectivity index (χ3n) is 4.22. The standard InChI is InChI=1S/C20H23N5O2/c1-13(2)19-21-18(24-27-19)11-12-25(4)20(26)16-8-6-15(7-9-16)17-10-5-14(3)22-23-17/h5-10,13H,11-12H2,1-4H3. The van der Waals surface area contributed by atoms with E-state index in [1.165, 1.54) is 0 Å². The summed E-state index contributed by atoms with van der Waals surface area (Å²) in [6.07, 6.45) is 0.551. The van der Waals surface area contributed by atoms with Gasteiger partial charge in [-0.15, -0.1) is 0 Å². The zero-order chi connectivity index (χ0) is 19.4. The van der Waals surface area contributed by atoms with Crippen LogP contribution >= 0.6 is 0 Å². The first-order valence-corrected chi connectivity index (χ1v) is 8.92. The van der Waals surface area contributed by atoms with Crippen LogP contribution in [0.4, 0.5) is 0 Å². The average Bonchev–Trinajstić information content (AvgIpc) is 3.16. The molecular formula is C20H23N5O2. The number of rotatable bonds is 6. The second-order valence-electron chi connectivity index (χ2n) is 6.82. The lowest BCUT2D eigenvalue weighted by atomic mass is 10.1. The van der Waals surface area contributed by atoms with Gasteiger partial charge >= 0.3 is 0 Å². The summed E-state index contributed by atoms with van der Waals surface area (Å²) < 4.78 is 5.19. The van der Waals surface area contributed by atoms with Gasteiger partial charge in [-0.25, -0.2) is 0 Å². The summed E-state index contributed by atoms with van der Waals surface area (Å²) in [5, 5.41) is 12.2. The number of nitrogens with zero attached hydrogens (tertiary/aromatic N) is 5. The number of amides is 1. The van der Waals surface area contributed by atoms with Crippen LogP contribution in [0.25, 0.3) is 11.3 Å². The van der Waals surface area contributed by atoms with Gasteiger partial charge in [0.15, 0.2) is 5.82 Å². The van der Waals surface area contributed by atoms with Gasteiger partial charge in [0.05, 0.1) is 11.4 Å². The summed E-state index contributed by atoms with van der Waals surface area (Å²) in [4.78, 5) is 18.6. The van der Waals surface area contributed by atoms with Crippen LogP contribution in [0.3, 0.4) is 0 Å². The smallest absolute Gasteiger partial charge is 0.253 e. The highest BCUT2D eigenvalue weighted by molar-refractivity contribution is 5.94. The van der Waals surface area contributed by atoms with E-state index in [2.05, 4.69) is 20.3 Å². The van der Waals surface area contributed by atoms with E-state index in [1.807, 2.05) is 45.0 Å². The van der Waals surface area contributed by atoms with Gasteiger partial charge in [-0.2, -0.15) is 15.2 Å². The number of benzene rings is 1. The van der Waals surface area contributed by atoms with Gasteiger partial charge in [0.2, 0.25) is 5.89 Å². The van der Waals surface area contributed by atoms with Crippen molar-refractivity contribution in [3.05, 3.63) is 59.4 Å². The fourth-order valence-corrected chi connectivity index (χ4v) is 2.53. The molecule has 7 heteroatoms. The van der Waals surface area contributed by atoms with Gasteiger partial charge in [-0.3, -0.25) is 4.79 Å². The van der Waals surface area contributed by atoms with Crippen LogP contribution in [0.1, 0.15) is 47.5 Å². The molecule has 1 aromatic carbocycles. The van der Waals surface area contributed by atoms with Crippen LogP contribution < -0.4 is 0 Å². The molecule has 0 radical (unpaired) electrons. The monoisotopic (exact) mass is 365 g/mol. The van der Waals surface area contributed by atoms with E-state index >= 15 is 0 Å². The molecule has 140 valence electrons. The minimum atomic E-state index is -0.0517. The van der Waals surface area contributed by atoms with Gasteiger partial charge in [-0.05, 0) is 31.2 Å². The van der Waals surface area contributed by atoms with Crippen molar-refractivity contribution in [3.8, 4) is 11.3 Å². The maximum absolute atomic E-state index is 12.6. The molecule has 1 amide bonds. The van der Waals surface area contributed by atoms with Crippen LogP contribution in [0.5, 0.6) is 0 Å². The maximum atomic E-state index is 12.6. The Morgan fingerprint density at radius 2 is 1.85 bits per heavy atom. The quantitative estimate of drug-likeness (QED) is 0.666. The van der Waals surface area contributed by atoms with Crippen molar-refractivity contribution in [2.24, 2.45) is 0 Å². The molecule has 3 aromatic rings. The molecule has 0 aliphatic carbocycles. The predicted molar refractivity (Wildman–Crippen MR) is 101 cm³/mol. The first-order chi connectivity index (χ1) is 12.9. The second-order valence-corrected chi connectivity index (χ2v) is 6.82. The minimum absolute atomic E-state index is 0.0517. The molecule has 2 aromatic heterocycles. The summed E-state index contributed by atoms with van der Waals surface area (Å²) in [7, 11) is 1.77. The van der Waals surface area contributed by atoms with Gasteiger partial charge in [0, 0.05) is 37.1 Å². The Labute approximate surface area is 158 Å². The molecule has 0 N–H and O–H groups in total. The number of carbonyl (C=O) groups is 1. The molecule has 27 heavy (non-hydrogen) atoms. The van der Waals surface area contributed by atoms with Crippen molar-refractivity contribution in [3.63, 3.8) is 0 Å². The predicted octanol–water partition coefficient (Wildman–Crippen LogP) is 3.27. The number of likely N-dealkylation sites (N-methyl/N-ethyl adjacent to an activating group) is 1. The Bertz CT molecular complexity index is 901. The van der Waals surface area contributed by atoms with Crippen LogP contribution in [0.15, 0.2) is 40.9 Å². The number of aromatic nitrogens is 4. The van der Waals surface area contributed by atoms with Gasteiger partial charge in [0.25, 0.3) is 5.91 Å². The average molecular weight is 365 g/mol. The van der Waals surface area contributed by atoms with Crippen molar-refractivity contribution in [1.29, 1.82) is 0 Å². The van der Waals surface area contributed by atoms with Crippen molar-refractivity contribution in [2.45, 2.75) is 33.1 Å². The van der Waals surface area contributed by atoms with Crippen LogP contribution in [0.2, 0.25) is 0 Å². The van der Waals surface area contributed by atoms with E-state index in [4.69, 9.17) is 4.52 Å². The van der Waals surface area contributed by atoms with E-state index in [0.29, 0.717) is 30.2 Å². The summed E-state index contributed by atoms with van der Waals surface area (Å²) >= 11 is 0. The lowest BCUT2D eigenvalue weighted by Gasteiger charge is -2.16. The summed E-state index contributed by atoms with van der Waals surface area (Å²) in [6.45, 7) is 6.41. The van der Waals surface area contributed by atoms with Gasteiger partial charge in [-0.1, -0.05) is 31.1 Å². The van der Waals surface area contributed by atoms with Gasteiger partial charge < -0.3 is 9.42 Å².